The van der Waals surface area contributed by atoms with E-state index < -0.39 is 0 Å². The third-order valence-electron chi connectivity index (χ3n) is 5.66. The second-order valence-electron chi connectivity index (χ2n) is 7.73. The standard InChI is InChI=1S/C27H25ClN2O2/c1-2-29(19-21-11-7-4-8-12-21)25-24(22-13-15-23(28)16-14-22)26(31)30(27(25)32)18-17-20-9-5-3-6-10-20/h3-16H,2,17-19H2,1H3. The largest absolute Gasteiger partial charge is 0.362 e. The van der Waals surface area contributed by atoms with Gasteiger partial charge in [-0.2, -0.15) is 0 Å². The van der Waals surface area contributed by atoms with Crippen LogP contribution >= 0.6 is 11.6 Å². The van der Waals surface area contributed by atoms with Crippen LogP contribution in [0.3, 0.4) is 0 Å². The van der Waals surface area contributed by atoms with Crippen molar-refractivity contribution in [1.29, 1.82) is 0 Å². The fourth-order valence-corrected chi connectivity index (χ4v) is 4.10. The molecule has 0 spiro atoms. The number of hydrogen-bond donors (Lipinski definition) is 0. The molecule has 0 atom stereocenters. The number of carbonyl (C=O) groups is 2. The van der Waals surface area contributed by atoms with Gasteiger partial charge in [-0.05, 0) is 42.2 Å². The van der Waals surface area contributed by atoms with Crippen LogP contribution in [0, 0.1) is 0 Å². The molecular weight excluding hydrogens is 420 g/mol. The minimum atomic E-state index is -0.255. The van der Waals surface area contributed by atoms with Gasteiger partial charge in [-0.1, -0.05) is 84.4 Å². The van der Waals surface area contributed by atoms with Crippen LogP contribution in [0.1, 0.15) is 23.6 Å². The summed E-state index contributed by atoms with van der Waals surface area (Å²) < 4.78 is 0. The summed E-state index contributed by atoms with van der Waals surface area (Å²) in [5, 5.41) is 0.588. The van der Waals surface area contributed by atoms with Gasteiger partial charge in [-0.3, -0.25) is 14.5 Å². The molecule has 3 aromatic rings. The number of imide groups is 1. The van der Waals surface area contributed by atoms with Crippen molar-refractivity contribution in [3.63, 3.8) is 0 Å². The van der Waals surface area contributed by atoms with E-state index in [4.69, 9.17) is 11.6 Å². The average molecular weight is 445 g/mol. The van der Waals surface area contributed by atoms with Gasteiger partial charge in [0.25, 0.3) is 11.8 Å². The zero-order valence-corrected chi connectivity index (χ0v) is 18.8. The summed E-state index contributed by atoms with van der Waals surface area (Å²) in [6, 6.07) is 27.0. The molecule has 0 unspecified atom stereocenters. The third-order valence-corrected chi connectivity index (χ3v) is 5.91. The van der Waals surface area contributed by atoms with Crippen LogP contribution < -0.4 is 0 Å². The molecule has 1 aliphatic heterocycles. The van der Waals surface area contributed by atoms with Crippen molar-refractivity contribution >= 4 is 29.0 Å². The first-order chi connectivity index (χ1) is 15.6. The fraction of sp³-hybridized carbons (Fsp3) is 0.185. The van der Waals surface area contributed by atoms with E-state index in [-0.39, 0.29) is 11.8 Å². The minimum absolute atomic E-state index is 0.242. The van der Waals surface area contributed by atoms with E-state index in [9.17, 15) is 9.59 Å². The molecule has 0 saturated heterocycles. The van der Waals surface area contributed by atoms with Gasteiger partial charge in [0.2, 0.25) is 0 Å². The Kier molecular flexibility index (Phi) is 6.72. The van der Waals surface area contributed by atoms with Gasteiger partial charge in [-0.15, -0.1) is 0 Å². The molecule has 32 heavy (non-hydrogen) atoms. The molecule has 0 aromatic heterocycles. The Bertz CT molecular complexity index is 1130. The molecule has 1 heterocycles. The van der Waals surface area contributed by atoms with Crippen molar-refractivity contribution in [1.82, 2.24) is 9.80 Å². The number of amides is 2. The Morgan fingerprint density at radius 1 is 0.781 bits per heavy atom. The lowest BCUT2D eigenvalue weighted by Gasteiger charge is -2.25. The lowest BCUT2D eigenvalue weighted by molar-refractivity contribution is -0.137. The summed E-state index contributed by atoms with van der Waals surface area (Å²) in [6.07, 6.45) is 0.615. The van der Waals surface area contributed by atoms with Crippen molar-refractivity contribution < 1.29 is 9.59 Å². The van der Waals surface area contributed by atoms with E-state index >= 15 is 0 Å². The molecule has 4 rings (SSSR count). The minimum Gasteiger partial charge on any atom is -0.362 e. The fourth-order valence-electron chi connectivity index (χ4n) is 3.97. The lowest BCUT2D eigenvalue weighted by atomic mass is 10.0. The SMILES string of the molecule is CCN(Cc1ccccc1)C1=C(c2ccc(Cl)cc2)C(=O)N(CCc2ccccc2)C1=O. The van der Waals surface area contributed by atoms with Crippen LogP contribution in [0.4, 0.5) is 0 Å². The molecule has 0 fully saturated rings. The second kappa shape index (κ2) is 9.84. The Morgan fingerprint density at radius 3 is 1.97 bits per heavy atom. The van der Waals surface area contributed by atoms with Crippen LogP contribution in [0.25, 0.3) is 5.57 Å². The summed E-state index contributed by atoms with van der Waals surface area (Å²) >= 11 is 6.07. The maximum atomic E-state index is 13.6. The van der Waals surface area contributed by atoms with E-state index in [2.05, 4.69) is 0 Å². The van der Waals surface area contributed by atoms with Crippen LogP contribution in [0.15, 0.2) is 90.6 Å². The molecule has 162 valence electrons. The Balaban J connectivity index is 1.69. The highest BCUT2D eigenvalue weighted by molar-refractivity contribution is 6.36. The summed E-state index contributed by atoms with van der Waals surface area (Å²) in [7, 11) is 0. The lowest BCUT2D eigenvalue weighted by Crippen LogP contribution is -2.36. The third kappa shape index (κ3) is 4.61. The van der Waals surface area contributed by atoms with Gasteiger partial charge in [0.1, 0.15) is 5.70 Å². The molecule has 2 amide bonds. The summed E-state index contributed by atoms with van der Waals surface area (Å²) in [4.78, 5) is 30.4. The number of likely N-dealkylation sites (N-methyl/N-ethyl adjacent to an activating group) is 1. The predicted molar refractivity (Wildman–Crippen MR) is 128 cm³/mol. The van der Waals surface area contributed by atoms with E-state index in [0.717, 1.165) is 11.1 Å². The number of carbonyl (C=O) groups excluding carboxylic acids is 2. The number of halogens is 1. The van der Waals surface area contributed by atoms with Crippen molar-refractivity contribution in [2.24, 2.45) is 0 Å². The quantitative estimate of drug-likeness (QED) is 0.449. The first kappa shape index (κ1) is 21.8. The van der Waals surface area contributed by atoms with Crippen molar-refractivity contribution in [2.45, 2.75) is 19.9 Å². The summed E-state index contributed by atoms with van der Waals surface area (Å²) in [5.41, 5.74) is 3.78. The first-order valence-electron chi connectivity index (χ1n) is 10.8. The molecule has 0 radical (unpaired) electrons. The summed E-state index contributed by atoms with van der Waals surface area (Å²) in [6.45, 7) is 3.49. The molecule has 1 aliphatic rings. The van der Waals surface area contributed by atoms with Crippen molar-refractivity contribution in [3.8, 4) is 0 Å². The Hall–Kier alpha value is -3.37. The zero-order valence-electron chi connectivity index (χ0n) is 18.0. The van der Waals surface area contributed by atoms with Crippen molar-refractivity contribution in [3.05, 3.63) is 112 Å². The first-order valence-corrected chi connectivity index (χ1v) is 11.2. The van der Waals surface area contributed by atoms with E-state index in [1.54, 1.807) is 24.3 Å². The molecule has 0 saturated carbocycles. The topological polar surface area (TPSA) is 40.6 Å². The Labute approximate surface area is 193 Å². The van der Waals surface area contributed by atoms with Gasteiger partial charge in [0, 0.05) is 24.7 Å². The number of rotatable bonds is 8. The van der Waals surface area contributed by atoms with E-state index in [1.165, 1.54) is 4.90 Å². The normalized spacial score (nSPS) is 13.8. The molecular formula is C27H25ClN2O2. The molecule has 5 heteroatoms. The molecule has 3 aromatic carbocycles. The highest BCUT2D eigenvalue weighted by atomic mass is 35.5. The Morgan fingerprint density at radius 2 is 1.38 bits per heavy atom. The van der Waals surface area contributed by atoms with E-state index in [0.29, 0.717) is 47.9 Å². The molecule has 0 bridgehead atoms. The molecule has 0 N–H and O–H groups in total. The maximum absolute atomic E-state index is 13.6. The molecule has 0 aliphatic carbocycles. The van der Waals surface area contributed by atoms with Gasteiger partial charge in [-0.25, -0.2) is 0 Å². The van der Waals surface area contributed by atoms with Crippen LogP contribution in [-0.2, 0) is 22.6 Å². The maximum Gasteiger partial charge on any atom is 0.277 e. The van der Waals surface area contributed by atoms with Crippen LogP contribution in [0.5, 0.6) is 0 Å². The highest BCUT2D eigenvalue weighted by Gasteiger charge is 2.41. The smallest absolute Gasteiger partial charge is 0.277 e. The van der Waals surface area contributed by atoms with Crippen LogP contribution in [0.2, 0.25) is 5.02 Å². The van der Waals surface area contributed by atoms with Gasteiger partial charge in [0.15, 0.2) is 0 Å². The predicted octanol–water partition coefficient (Wildman–Crippen LogP) is 5.18. The monoisotopic (exact) mass is 444 g/mol. The molecule has 4 nitrogen and oxygen atoms in total. The van der Waals surface area contributed by atoms with Crippen LogP contribution in [-0.4, -0.2) is 34.7 Å². The second-order valence-corrected chi connectivity index (χ2v) is 8.16. The average Bonchev–Trinajstić information content (AvgIpc) is 3.07. The number of nitrogens with zero attached hydrogens (tertiary/aromatic N) is 2. The zero-order chi connectivity index (χ0) is 22.5. The highest BCUT2D eigenvalue weighted by Crippen LogP contribution is 2.33. The summed E-state index contributed by atoms with van der Waals surface area (Å²) in [5.74, 6) is -0.497. The van der Waals surface area contributed by atoms with Gasteiger partial charge < -0.3 is 4.90 Å². The van der Waals surface area contributed by atoms with Crippen molar-refractivity contribution in [2.75, 3.05) is 13.1 Å². The van der Waals surface area contributed by atoms with Gasteiger partial charge in [0.05, 0.1) is 5.57 Å². The van der Waals surface area contributed by atoms with E-state index in [1.807, 2.05) is 72.5 Å². The van der Waals surface area contributed by atoms with Gasteiger partial charge >= 0.3 is 0 Å². The number of benzene rings is 3. The number of hydrogen-bond acceptors (Lipinski definition) is 3.